The van der Waals surface area contributed by atoms with Crippen LogP contribution >= 0.6 is 0 Å². The first-order valence-electron chi connectivity index (χ1n) is 2.24. The molecule has 0 saturated heterocycles. The van der Waals surface area contributed by atoms with Gasteiger partial charge < -0.3 is 5.11 Å². The number of carboxylic acids is 1. The van der Waals surface area contributed by atoms with Crippen LogP contribution in [0.25, 0.3) is 0 Å². The zero-order valence-electron chi connectivity index (χ0n) is 6.18. The van der Waals surface area contributed by atoms with Crippen molar-refractivity contribution in [1.29, 1.82) is 0 Å². The fourth-order valence-corrected chi connectivity index (χ4v) is 0. The molecule has 0 aromatic heterocycles. The second-order valence-electron chi connectivity index (χ2n) is 1.34. The van der Waals surface area contributed by atoms with E-state index < -0.39 is 5.97 Å². The maximum atomic E-state index is 9.60. The van der Waals surface area contributed by atoms with Crippen LogP contribution in [0.3, 0.4) is 0 Å². The smallest absolute Gasteiger partial charge is 0.330 e. The first-order valence-corrected chi connectivity index (χ1v) is 2.24. The molecule has 0 radical (unpaired) electrons. The average Bonchev–Trinajstić information content (AvgIpc) is 1.68. The molecule has 0 aliphatic heterocycles. The molecule has 0 bridgehead atoms. The maximum Gasteiger partial charge on any atom is 0.330 e. The molecule has 0 aromatic carbocycles. The van der Waals surface area contributed by atoms with E-state index in [2.05, 4.69) is 25.5 Å². The van der Waals surface area contributed by atoms with E-state index in [0.717, 1.165) is 0 Å². The average molecular weight is 192 g/mol. The normalized spacial score (nSPS) is 5.30. The summed E-state index contributed by atoms with van der Waals surface area (Å²) in [5.41, 5.74) is 2.43. The van der Waals surface area contributed by atoms with Crippen molar-refractivity contribution in [3.8, 4) is 0 Å². The van der Waals surface area contributed by atoms with Crippen LogP contribution in [0.15, 0.2) is 31.0 Å². The Kier molecular flexibility index (Phi) is 18.1. The van der Waals surface area contributed by atoms with Crippen LogP contribution < -0.4 is 0 Å². The van der Waals surface area contributed by atoms with Gasteiger partial charge in [-0.3, -0.25) is 0 Å². The van der Waals surface area contributed by atoms with Crippen LogP contribution in [-0.4, -0.2) is 11.1 Å². The van der Waals surface area contributed by atoms with E-state index in [0.29, 0.717) is 0 Å². The molecule has 0 aliphatic rings. The van der Waals surface area contributed by atoms with Crippen LogP contribution in [-0.2, 0) is 24.3 Å². The molecule has 2 nitrogen and oxygen atoms in total. The molecule has 10 heavy (non-hydrogen) atoms. The topological polar surface area (TPSA) is 37.3 Å². The van der Waals surface area contributed by atoms with Crippen LogP contribution in [0, 0.1) is 0 Å². The number of carbonyl (C=O) groups is 1. The van der Waals surface area contributed by atoms with Gasteiger partial charge in [0.1, 0.15) is 0 Å². The molecule has 0 heterocycles. The van der Waals surface area contributed by atoms with Crippen molar-refractivity contribution in [1.82, 2.24) is 0 Å². The Morgan fingerprint density at radius 1 is 1.50 bits per heavy atom. The summed E-state index contributed by atoms with van der Waals surface area (Å²) < 4.78 is 0. The molecule has 0 rings (SSSR count). The molecule has 0 fully saturated rings. The summed E-state index contributed by atoms with van der Waals surface area (Å²) in [5, 5.41) is 7.89. The molecule has 3 heteroatoms. The Morgan fingerprint density at radius 3 is 1.60 bits per heavy atom. The van der Waals surface area contributed by atoms with Gasteiger partial charge in [-0.15, -0.1) is 5.73 Å². The zero-order valence-corrected chi connectivity index (χ0v) is 9.15. The molecule has 0 amide bonds. The first kappa shape index (κ1) is 16.2. The van der Waals surface area contributed by atoms with E-state index >= 15 is 0 Å². The van der Waals surface area contributed by atoms with Gasteiger partial charge in [0, 0.05) is 25.1 Å². The van der Waals surface area contributed by atoms with Gasteiger partial charge >= 0.3 is 5.97 Å². The fraction of sp³-hybridized carbons (Fsp3) is 0.143. The van der Waals surface area contributed by atoms with Gasteiger partial charge in [-0.05, 0) is 6.92 Å². The minimum absolute atomic E-state index is 0. The minimum atomic E-state index is -0.935. The van der Waals surface area contributed by atoms with Gasteiger partial charge in [0.2, 0.25) is 0 Å². The molecule has 0 aliphatic carbocycles. The Labute approximate surface area is 73.7 Å². The van der Waals surface area contributed by atoms with Crippen LogP contribution in [0.2, 0.25) is 0 Å². The Bertz CT molecular complexity index is 132. The van der Waals surface area contributed by atoms with Gasteiger partial charge in [0.05, 0.1) is 0 Å². The number of hydrogen-bond donors (Lipinski definition) is 1. The van der Waals surface area contributed by atoms with Crippen molar-refractivity contribution in [3.63, 3.8) is 0 Å². The molecule has 0 saturated carbocycles. The number of carboxylic acid groups (broad SMARTS) is 1. The van der Waals surface area contributed by atoms with E-state index in [1.807, 2.05) is 0 Å². The van der Waals surface area contributed by atoms with E-state index in [1.165, 1.54) is 6.92 Å². The van der Waals surface area contributed by atoms with Gasteiger partial charge in [-0.2, -0.15) is 0 Å². The molecule has 52 valence electrons. The summed E-state index contributed by atoms with van der Waals surface area (Å²) in [6.07, 6.45) is 0. The molecule has 0 spiro atoms. The fourth-order valence-electron chi connectivity index (χ4n) is 0. The predicted octanol–water partition coefficient (Wildman–Crippen LogP) is 1.60. The Balaban J connectivity index is -0.000000107. The Morgan fingerprint density at radius 2 is 1.60 bits per heavy atom. The van der Waals surface area contributed by atoms with Crippen molar-refractivity contribution in [2.45, 2.75) is 6.92 Å². The number of aliphatic carboxylic acids is 1. The Hall–Kier alpha value is -0.647. The van der Waals surface area contributed by atoms with Crippen LogP contribution in [0.4, 0.5) is 0 Å². The second kappa shape index (κ2) is 11.2. The second-order valence-corrected chi connectivity index (χ2v) is 1.34. The molecule has 1 N–H and O–H groups in total. The summed E-state index contributed by atoms with van der Waals surface area (Å²) in [4.78, 5) is 9.60. The van der Waals surface area contributed by atoms with Crippen LogP contribution in [0.5, 0.6) is 0 Å². The van der Waals surface area contributed by atoms with Gasteiger partial charge in [0.15, 0.2) is 0 Å². The van der Waals surface area contributed by atoms with Gasteiger partial charge in [-0.1, -0.05) is 19.7 Å². The third kappa shape index (κ3) is 26.4. The number of hydrogen-bond acceptors (Lipinski definition) is 1. The largest absolute Gasteiger partial charge is 0.478 e. The third-order valence-electron chi connectivity index (χ3n) is 0.365. The van der Waals surface area contributed by atoms with Crippen molar-refractivity contribution in [2.24, 2.45) is 0 Å². The van der Waals surface area contributed by atoms with E-state index in [9.17, 15) is 4.79 Å². The molecular formula is C7H10O2Zn. The summed E-state index contributed by atoms with van der Waals surface area (Å²) in [7, 11) is 0. The number of rotatable bonds is 1. The first-order chi connectivity index (χ1) is 4.06. The van der Waals surface area contributed by atoms with Crippen molar-refractivity contribution < 1.29 is 29.4 Å². The van der Waals surface area contributed by atoms with Crippen molar-refractivity contribution >= 4 is 5.97 Å². The van der Waals surface area contributed by atoms with E-state index in [4.69, 9.17) is 5.11 Å². The van der Waals surface area contributed by atoms with Crippen LogP contribution in [0.1, 0.15) is 6.92 Å². The summed E-state index contributed by atoms with van der Waals surface area (Å²) >= 11 is 0. The van der Waals surface area contributed by atoms with Crippen molar-refractivity contribution in [2.75, 3.05) is 0 Å². The summed E-state index contributed by atoms with van der Waals surface area (Å²) in [6.45, 7) is 10.9. The molecule has 0 aromatic rings. The summed E-state index contributed by atoms with van der Waals surface area (Å²) in [5.74, 6) is -0.935. The SMILES string of the molecule is C=C(C)C(=O)O.C=C=C.[Zn]. The van der Waals surface area contributed by atoms with E-state index in [1.54, 1.807) is 0 Å². The minimum Gasteiger partial charge on any atom is -0.478 e. The maximum absolute atomic E-state index is 9.60. The molecule has 0 atom stereocenters. The van der Waals surface area contributed by atoms with E-state index in [-0.39, 0.29) is 25.1 Å². The third-order valence-corrected chi connectivity index (χ3v) is 0.365. The quantitative estimate of drug-likeness (QED) is 0.388. The predicted molar refractivity (Wildman–Crippen MR) is 37.2 cm³/mol. The van der Waals surface area contributed by atoms with Gasteiger partial charge in [0.25, 0.3) is 0 Å². The monoisotopic (exact) mass is 190 g/mol. The molecular weight excluding hydrogens is 181 g/mol. The van der Waals surface area contributed by atoms with Crippen molar-refractivity contribution in [3.05, 3.63) is 31.0 Å². The standard InChI is InChI=1S/C4H6O2.C3H4.Zn/c1-3(2)4(5)6;1-3-2;/h1H2,2H3,(H,5,6);1-2H2;. The van der Waals surface area contributed by atoms with Gasteiger partial charge in [-0.25, -0.2) is 4.79 Å². The molecule has 0 unspecified atom stereocenters. The zero-order chi connectivity index (χ0) is 7.86. The summed E-state index contributed by atoms with van der Waals surface area (Å²) in [6, 6.07) is 0.